The van der Waals surface area contributed by atoms with Crippen LogP contribution in [0.1, 0.15) is 5.56 Å². The quantitative estimate of drug-likeness (QED) is 0.752. The second-order valence-corrected chi connectivity index (χ2v) is 5.59. The molecule has 0 saturated carbocycles. The molecule has 0 aliphatic rings. The van der Waals surface area contributed by atoms with Crippen molar-refractivity contribution in [1.82, 2.24) is 0 Å². The van der Waals surface area contributed by atoms with Crippen molar-refractivity contribution in [1.29, 1.82) is 0 Å². The second-order valence-electron chi connectivity index (χ2n) is 4.14. The predicted octanol–water partition coefficient (Wildman–Crippen LogP) is 4.02. The Hall–Kier alpha value is -2.25. The summed E-state index contributed by atoms with van der Waals surface area (Å²) in [6, 6.07) is 15.5. The van der Waals surface area contributed by atoms with Crippen molar-refractivity contribution in [2.45, 2.75) is 6.61 Å². The van der Waals surface area contributed by atoms with Crippen molar-refractivity contribution in [3.8, 4) is 11.5 Å². The van der Waals surface area contributed by atoms with Crippen molar-refractivity contribution >= 4 is 16.2 Å². The van der Waals surface area contributed by atoms with Gasteiger partial charge >= 0.3 is 6.61 Å². The highest BCUT2D eigenvalue weighted by Crippen LogP contribution is 2.22. The first-order valence-electron chi connectivity index (χ1n) is 6.17. The molecule has 7 heteroatoms. The van der Waals surface area contributed by atoms with Gasteiger partial charge in [-0.2, -0.15) is 21.4 Å². The van der Waals surface area contributed by atoms with Gasteiger partial charge in [0.15, 0.2) is 0 Å². The summed E-state index contributed by atoms with van der Waals surface area (Å²) in [6.07, 6.45) is 1.15. The Kier molecular flexibility index (Phi) is 5.24. The average molecular weight is 326 g/mol. The first-order chi connectivity index (χ1) is 10.4. The van der Waals surface area contributed by atoms with E-state index in [4.69, 9.17) is 4.74 Å². The van der Waals surface area contributed by atoms with Crippen LogP contribution >= 0.6 is 0 Å². The van der Waals surface area contributed by atoms with Gasteiger partial charge in [0.05, 0.1) is 5.41 Å². The molecule has 116 valence electrons. The predicted molar refractivity (Wildman–Crippen MR) is 78.0 cm³/mol. The van der Waals surface area contributed by atoms with E-state index >= 15 is 0 Å². The van der Waals surface area contributed by atoms with Gasteiger partial charge in [0.2, 0.25) is 0 Å². The first-order valence-corrected chi connectivity index (χ1v) is 7.64. The standard InChI is InChI=1S/C15H12F2O4S/c16-15(17)21-22(18,19)10-9-12-5-4-8-14(11-12)20-13-6-2-1-3-7-13/h1-11,15H. The lowest BCUT2D eigenvalue weighted by Crippen LogP contribution is -2.06. The molecule has 0 N–H and O–H groups in total. The van der Waals surface area contributed by atoms with Crippen molar-refractivity contribution in [2.75, 3.05) is 0 Å². The summed E-state index contributed by atoms with van der Waals surface area (Å²) in [4.78, 5) is 0. The first kappa shape index (κ1) is 16.1. The van der Waals surface area contributed by atoms with E-state index in [1.807, 2.05) is 18.2 Å². The van der Waals surface area contributed by atoms with Crippen molar-refractivity contribution in [3.05, 3.63) is 65.6 Å². The van der Waals surface area contributed by atoms with Gasteiger partial charge in [0.25, 0.3) is 10.1 Å². The van der Waals surface area contributed by atoms with Crippen LogP contribution in [0, 0.1) is 0 Å². The molecule has 0 atom stereocenters. The lowest BCUT2D eigenvalue weighted by molar-refractivity contribution is -0.0432. The van der Waals surface area contributed by atoms with E-state index in [9.17, 15) is 17.2 Å². The Morgan fingerprint density at radius 2 is 1.64 bits per heavy atom. The van der Waals surface area contributed by atoms with Gasteiger partial charge in [-0.25, -0.2) is 0 Å². The van der Waals surface area contributed by atoms with Gasteiger partial charge in [-0.1, -0.05) is 30.3 Å². The highest BCUT2D eigenvalue weighted by Gasteiger charge is 2.14. The summed E-state index contributed by atoms with van der Waals surface area (Å²) in [7, 11) is -4.42. The molecular formula is C15H12F2O4S. The molecule has 0 heterocycles. The molecule has 0 aliphatic carbocycles. The molecule has 0 amide bonds. The minimum atomic E-state index is -4.42. The maximum Gasteiger partial charge on any atom is 0.359 e. The third-order valence-corrected chi connectivity index (χ3v) is 3.35. The summed E-state index contributed by atoms with van der Waals surface area (Å²) >= 11 is 0. The van der Waals surface area contributed by atoms with Gasteiger partial charge in [-0.15, -0.1) is 0 Å². The van der Waals surface area contributed by atoms with Gasteiger partial charge in [0, 0.05) is 0 Å². The zero-order chi connectivity index (χ0) is 16.0. The Bertz CT molecular complexity index is 743. The monoisotopic (exact) mass is 326 g/mol. The van der Waals surface area contributed by atoms with Crippen molar-refractivity contribution < 1.29 is 26.1 Å². The number of benzene rings is 2. The number of ether oxygens (including phenoxy) is 1. The zero-order valence-electron chi connectivity index (χ0n) is 11.2. The normalized spacial score (nSPS) is 12.0. The Morgan fingerprint density at radius 3 is 2.32 bits per heavy atom. The van der Waals surface area contributed by atoms with Gasteiger partial charge in [-0.05, 0) is 35.9 Å². The van der Waals surface area contributed by atoms with Crippen LogP contribution in [0.2, 0.25) is 0 Å². The van der Waals surface area contributed by atoms with Crippen molar-refractivity contribution in [3.63, 3.8) is 0 Å². The SMILES string of the molecule is O=S(=O)(C=Cc1cccc(Oc2ccccc2)c1)OC(F)F. The highest BCUT2D eigenvalue weighted by atomic mass is 32.2. The molecule has 0 unspecified atom stereocenters. The fraction of sp³-hybridized carbons (Fsp3) is 0.0667. The summed E-state index contributed by atoms with van der Waals surface area (Å²) in [5, 5.41) is 0.570. The molecule has 4 nitrogen and oxygen atoms in total. The molecule has 2 aromatic rings. The number of para-hydroxylation sites is 1. The molecule has 0 spiro atoms. The number of halogens is 2. The lowest BCUT2D eigenvalue weighted by atomic mass is 10.2. The van der Waals surface area contributed by atoms with Crippen LogP contribution in [0.4, 0.5) is 8.78 Å². The molecule has 0 aromatic heterocycles. The van der Waals surface area contributed by atoms with Gasteiger partial charge < -0.3 is 4.74 Å². The lowest BCUT2D eigenvalue weighted by Gasteiger charge is -2.06. The molecule has 0 aliphatic heterocycles. The number of rotatable bonds is 6. The van der Waals surface area contributed by atoms with Crippen LogP contribution < -0.4 is 4.74 Å². The Morgan fingerprint density at radius 1 is 0.955 bits per heavy atom. The van der Waals surface area contributed by atoms with Crippen LogP contribution in [0.25, 0.3) is 6.08 Å². The van der Waals surface area contributed by atoms with E-state index < -0.39 is 16.7 Å². The van der Waals surface area contributed by atoms with Crippen LogP contribution in [0.3, 0.4) is 0 Å². The highest BCUT2D eigenvalue weighted by molar-refractivity contribution is 7.89. The minimum absolute atomic E-state index is 0.467. The summed E-state index contributed by atoms with van der Waals surface area (Å²) in [6.45, 7) is -3.39. The maximum atomic E-state index is 11.9. The van der Waals surface area contributed by atoms with E-state index in [1.165, 1.54) is 0 Å². The summed E-state index contributed by atoms with van der Waals surface area (Å²) < 4.78 is 55.2. The van der Waals surface area contributed by atoms with E-state index in [1.54, 1.807) is 36.4 Å². The second kappa shape index (κ2) is 7.15. The molecule has 2 aromatic carbocycles. The zero-order valence-corrected chi connectivity index (χ0v) is 12.0. The molecule has 22 heavy (non-hydrogen) atoms. The molecule has 0 bridgehead atoms. The van der Waals surface area contributed by atoms with Gasteiger partial charge in [-0.3, -0.25) is 0 Å². The smallest absolute Gasteiger partial charge is 0.359 e. The Labute approximate surface area is 126 Å². The maximum absolute atomic E-state index is 11.9. The molecule has 0 radical (unpaired) electrons. The molecule has 2 rings (SSSR count). The number of alkyl halides is 2. The average Bonchev–Trinajstić information content (AvgIpc) is 2.45. The van der Waals surface area contributed by atoms with Crippen LogP contribution in [-0.2, 0) is 14.3 Å². The number of hydrogen-bond acceptors (Lipinski definition) is 4. The molecule has 0 fully saturated rings. The number of hydrogen-bond donors (Lipinski definition) is 0. The van der Waals surface area contributed by atoms with E-state index in [0.29, 0.717) is 22.5 Å². The molecular weight excluding hydrogens is 314 g/mol. The minimum Gasteiger partial charge on any atom is -0.457 e. The van der Waals surface area contributed by atoms with Crippen LogP contribution in [0.5, 0.6) is 11.5 Å². The van der Waals surface area contributed by atoms with Crippen molar-refractivity contribution in [2.24, 2.45) is 0 Å². The molecule has 0 saturated heterocycles. The Balaban J connectivity index is 2.12. The van der Waals surface area contributed by atoms with E-state index in [-0.39, 0.29) is 0 Å². The topological polar surface area (TPSA) is 52.6 Å². The van der Waals surface area contributed by atoms with Gasteiger partial charge in [0.1, 0.15) is 11.5 Å². The van der Waals surface area contributed by atoms with Crippen LogP contribution in [-0.4, -0.2) is 15.0 Å². The summed E-state index contributed by atoms with van der Waals surface area (Å²) in [5.74, 6) is 1.11. The third-order valence-electron chi connectivity index (χ3n) is 2.47. The largest absolute Gasteiger partial charge is 0.457 e. The fourth-order valence-electron chi connectivity index (χ4n) is 1.60. The fourth-order valence-corrected chi connectivity index (χ4v) is 2.19. The van der Waals surface area contributed by atoms with Crippen LogP contribution in [0.15, 0.2) is 60.0 Å². The van der Waals surface area contributed by atoms with E-state index in [2.05, 4.69) is 4.18 Å². The summed E-state index contributed by atoms with van der Waals surface area (Å²) in [5.41, 5.74) is 0.467. The third kappa shape index (κ3) is 5.27. The van der Waals surface area contributed by atoms with E-state index in [0.717, 1.165) is 6.08 Å².